The summed E-state index contributed by atoms with van der Waals surface area (Å²) in [5.41, 5.74) is 2.15. The van der Waals surface area contributed by atoms with Crippen molar-refractivity contribution in [2.75, 3.05) is 10.0 Å². The lowest BCUT2D eigenvalue weighted by molar-refractivity contribution is 0.0696. The Morgan fingerprint density at radius 3 is 2.19 bits per heavy atom. The number of anilines is 2. The minimum atomic E-state index is -4.27. The maximum atomic E-state index is 13.6. The molecule has 37 heavy (non-hydrogen) atoms. The Bertz CT molecular complexity index is 1730. The number of aromatic carboxylic acids is 1. The van der Waals surface area contributed by atoms with E-state index in [1.165, 1.54) is 47.1 Å². The first-order valence-corrected chi connectivity index (χ1v) is 12.5. The highest BCUT2D eigenvalue weighted by molar-refractivity contribution is 7.92. The summed E-state index contributed by atoms with van der Waals surface area (Å²) >= 11 is 0. The fourth-order valence-electron chi connectivity index (χ4n) is 3.71. The van der Waals surface area contributed by atoms with Crippen molar-refractivity contribution in [1.29, 1.82) is 0 Å². The first-order valence-electron chi connectivity index (χ1n) is 11.0. The van der Waals surface area contributed by atoms with Crippen molar-refractivity contribution in [2.45, 2.75) is 4.90 Å². The van der Waals surface area contributed by atoms with Crippen molar-refractivity contribution < 1.29 is 23.1 Å². The zero-order valence-electron chi connectivity index (χ0n) is 19.1. The number of para-hydroxylation sites is 2. The van der Waals surface area contributed by atoms with E-state index in [4.69, 9.17) is 5.11 Å². The molecule has 3 N–H and O–H groups in total. The van der Waals surface area contributed by atoms with Crippen LogP contribution in [0.4, 0.5) is 11.4 Å². The fraction of sp³-hybridized carbons (Fsp3) is 0. The van der Waals surface area contributed by atoms with Gasteiger partial charge >= 0.3 is 5.97 Å². The number of carboxylic acids is 1. The highest BCUT2D eigenvalue weighted by Gasteiger charge is 2.24. The highest BCUT2D eigenvalue weighted by Crippen LogP contribution is 2.27. The molecule has 0 unspecified atom stereocenters. The van der Waals surface area contributed by atoms with E-state index in [1.54, 1.807) is 48.5 Å². The molecule has 1 aromatic heterocycles. The SMILES string of the molecule is O=C(O)c1ccc(NS(=O)(=O)c2cc(C(=O)Nc3ccccc3)ccc2-n2nnc3ccccc32)cc1. The van der Waals surface area contributed by atoms with Crippen LogP contribution < -0.4 is 10.0 Å². The second-order valence-electron chi connectivity index (χ2n) is 7.98. The molecule has 0 saturated heterocycles. The van der Waals surface area contributed by atoms with Crippen LogP contribution in [0.3, 0.4) is 0 Å². The van der Waals surface area contributed by atoms with Gasteiger partial charge in [-0.05, 0) is 66.7 Å². The normalized spacial score (nSPS) is 11.2. The molecule has 1 heterocycles. The summed E-state index contributed by atoms with van der Waals surface area (Å²) in [5.74, 6) is -1.63. The number of fused-ring (bicyclic) bond motifs is 1. The molecule has 11 heteroatoms. The zero-order chi connectivity index (χ0) is 26.0. The van der Waals surface area contributed by atoms with Crippen molar-refractivity contribution >= 4 is 44.3 Å². The quantitative estimate of drug-likeness (QED) is 0.296. The number of amides is 1. The summed E-state index contributed by atoms with van der Waals surface area (Å²) < 4.78 is 31.0. The average molecular weight is 514 g/mol. The van der Waals surface area contributed by atoms with Crippen molar-refractivity contribution in [2.24, 2.45) is 0 Å². The van der Waals surface area contributed by atoms with E-state index in [0.717, 1.165) is 0 Å². The Hall–Kier alpha value is -5.03. The molecule has 0 aliphatic rings. The molecule has 0 fully saturated rings. The Kier molecular flexibility index (Phi) is 6.12. The number of sulfonamides is 1. The molecule has 5 aromatic rings. The molecule has 0 atom stereocenters. The largest absolute Gasteiger partial charge is 0.478 e. The lowest BCUT2D eigenvalue weighted by Crippen LogP contribution is -2.19. The number of carbonyl (C=O) groups is 2. The predicted octanol–water partition coefficient (Wildman–Crippen LogP) is 4.17. The van der Waals surface area contributed by atoms with E-state index in [2.05, 4.69) is 20.4 Å². The molecule has 0 aliphatic heterocycles. The van der Waals surface area contributed by atoms with E-state index < -0.39 is 21.9 Å². The smallest absolute Gasteiger partial charge is 0.335 e. The maximum absolute atomic E-state index is 13.6. The number of rotatable bonds is 7. The van der Waals surface area contributed by atoms with Gasteiger partial charge in [0.05, 0.1) is 16.8 Å². The molecular weight excluding hydrogens is 494 g/mol. The van der Waals surface area contributed by atoms with Crippen LogP contribution in [0.25, 0.3) is 16.7 Å². The van der Waals surface area contributed by atoms with Crippen molar-refractivity contribution in [3.63, 3.8) is 0 Å². The van der Waals surface area contributed by atoms with Gasteiger partial charge in [0.2, 0.25) is 0 Å². The number of hydrogen-bond acceptors (Lipinski definition) is 6. The van der Waals surface area contributed by atoms with Gasteiger partial charge < -0.3 is 10.4 Å². The van der Waals surface area contributed by atoms with Crippen LogP contribution in [0.5, 0.6) is 0 Å². The van der Waals surface area contributed by atoms with Crippen molar-refractivity contribution in [3.8, 4) is 5.69 Å². The van der Waals surface area contributed by atoms with Gasteiger partial charge in [-0.1, -0.05) is 35.5 Å². The molecule has 0 spiro atoms. The van der Waals surface area contributed by atoms with Crippen LogP contribution in [0.1, 0.15) is 20.7 Å². The van der Waals surface area contributed by atoms with Crippen LogP contribution in [-0.4, -0.2) is 40.4 Å². The van der Waals surface area contributed by atoms with Crippen LogP contribution in [0, 0.1) is 0 Å². The molecular formula is C26H19N5O5S. The van der Waals surface area contributed by atoms with E-state index >= 15 is 0 Å². The van der Waals surface area contributed by atoms with Gasteiger partial charge in [0.25, 0.3) is 15.9 Å². The van der Waals surface area contributed by atoms with E-state index in [-0.39, 0.29) is 27.4 Å². The number of hydrogen-bond donors (Lipinski definition) is 3. The van der Waals surface area contributed by atoms with E-state index in [1.807, 2.05) is 6.07 Å². The second-order valence-corrected chi connectivity index (χ2v) is 9.63. The second kappa shape index (κ2) is 9.55. The minimum Gasteiger partial charge on any atom is -0.478 e. The van der Waals surface area contributed by atoms with Crippen LogP contribution in [0.15, 0.2) is 102 Å². The van der Waals surface area contributed by atoms with Crippen molar-refractivity contribution in [3.05, 3.63) is 108 Å². The summed E-state index contributed by atoms with van der Waals surface area (Å²) in [6.45, 7) is 0. The Labute approximate surface area is 211 Å². The third kappa shape index (κ3) is 4.88. The number of carboxylic acid groups (broad SMARTS) is 1. The molecule has 4 aromatic carbocycles. The third-order valence-corrected chi connectivity index (χ3v) is 6.92. The van der Waals surface area contributed by atoms with Gasteiger partial charge in [0.1, 0.15) is 10.4 Å². The molecule has 0 aliphatic carbocycles. The van der Waals surface area contributed by atoms with E-state index in [0.29, 0.717) is 16.7 Å². The number of benzene rings is 4. The van der Waals surface area contributed by atoms with Gasteiger partial charge in [0, 0.05) is 16.9 Å². The third-order valence-electron chi connectivity index (χ3n) is 5.51. The lowest BCUT2D eigenvalue weighted by atomic mass is 10.2. The maximum Gasteiger partial charge on any atom is 0.335 e. The summed E-state index contributed by atoms with van der Waals surface area (Å²) in [6.07, 6.45) is 0. The molecule has 0 saturated carbocycles. The Balaban J connectivity index is 1.59. The molecule has 1 amide bonds. The van der Waals surface area contributed by atoms with Gasteiger partial charge in [-0.2, -0.15) is 0 Å². The first-order chi connectivity index (χ1) is 17.8. The zero-order valence-corrected chi connectivity index (χ0v) is 19.9. The minimum absolute atomic E-state index is 0.0114. The van der Waals surface area contributed by atoms with Crippen LogP contribution in [-0.2, 0) is 10.0 Å². The van der Waals surface area contributed by atoms with Crippen molar-refractivity contribution in [1.82, 2.24) is 15.0 Å². The number of nitrogens with zero attached hydrogens (tertiary/aromatic N) is 3. The Morgan fingerprint density at radius 2 is 1.46 bits per heavy atom. The summed E-state index contributed by atoms with van der Waals surface area (Å²) in [4.78, 5) is 23.9. The van der Waals surface area contributed by atoms with E-state index in [9.17, 15) is 18.0 Å². The van der Waals surface area contributed by atoms with Gasteiger partial charge in [-0.3, -0.25) is 9.52 Å². The van der Waals surface area contributed by atoms with Gasteiger partial charge in [0.15, 0.2) is 0 Å². The first kappa shape index (κ1) is 23.7. The molecule has 184 valence electrons. The standard InChI is InChI=1S/C26H19N5O5S/c32-25(27-19-6-2-1-3-7-19)18-12-15-23(31-22-9-5-4-8-21(22)28-30-31)24(16-18)37(35,36)29-20-13-10-17(11-14-20)26(33)34/h1-16,29H,(H,27,32)(H,33,34). The average Bonchev–Trinajstić information content (AvgIpc) is 3.33. The lowest BCUT2D eigenvalue weighted by Gasteiger charge is -2.14. The van der Waals surface area contributed by atoms with Gasteiger partial charge in [-0.25, -0.2) is 17.9 Å². The van der Waals surface area contributed by atoms with Gasteiger partial charge in [-0.15, -0.1) is 5.10 Å². The number of aromatic nitrogens is 3. The summed E-state index contributed by atoms with van der Waals surface area (Å²) in [6, 6.07) is 25.4. The number of nitrogens with one attached hydrogen (secondary N) is 2. The Morgan fingerprint density at radius 1 is 0.784 bits per heavy atom. The molecule has 5 rings (SSSR count). The summed E-state index contributed by atoms with van der Waals surface area (Å²) in [7, 11) is -4.27. The summed E-state index contributed by atoms with van der Waals surface area (Å²) in [5, 5.41) is 20.1. The number of carbonyl (C=O) groups excluding carboxylic acids is 1. The molecule has 0 radical (unpaired) electrons. The topological polar surface area (TPSA) is 143 Å². The van der Waals surface area contributed by atoms with Crippen LogP contribution >= 0.6 is 0 Å². The molecule has 10 nitrogen and oxygen atoms in total. The molecule has 0 bridgehead atoms. The monoisotopic (exact) mass is 513 g/mol. The predicted molar refractivity (Wildman–Crippen MR) is 137 cm³/mol. The van der Waals surface area contributed by atoms with Crippen LogP contribution in [0.2, 0.25) is 0 Å². The highest BCUT2D eigenvalue weighted by atomic mass is 32.2. The fourth-order valence-corrected chi connectivity index (χ4v) is 4.98.